The van der Waals surface area contributed by atoms with Gasteiger partial charge in [0.2, 0.25) is 0 Å². The van der Waals surface area contributed by atoms with Gasteiger partial charge in [0.25, 0.3) is 0 Å². The van der Waals surface area contributed by atoms with Crippen molar-refractivity contribution >= 4 is 37.2 Å². The Balaban J connectivity index is 2.66. The van der Waals surface area contributed by atoms with Crippen LogP contribution in [-0.4, -0.2) is 5.11 Å². The third-order valence-electron chi connectivity index (χ3n) is 2.76. The van der Waals surface area contributed by atoms with Gasteiger partial charge in [-0.3, -0.25) is 4.79 Å². The topological polar surface area (TPSA) is 63.3 Å². The summed E-state index contributed by atoms with van der Waals surface area (Å²) >= 11 is 1.50. The Morgan fingerprint density at radius 2 is 1.82 bits per heavy atom. The van der Waals surface area contributed by atoms with Crippen molar-refractivity contribution in [2.24, 2.45) is 0 Å². The molecule has 4 heteroatoms. The zero-order chi connectivity index (χ0) is 12.0. The fraction of sp³-hybridized carbons (Fsp3) is 0. The fourth-order valence-corrected chi connectivity index (χ4v) is 3.00. The Labute approximate surface area is 101 Å². The molecule has 0 aliphatic heterocycles. The first kappa shape index (κ1) is 10.1. The predicted octanol–water partition coefficient (Wildman–Crippen LogP) is 2.70. The van der Waals surface area contributed by atoms with Crippen molar-refractivity contribution in [1.29, 1.82) is 0 Å². The average Bonchev–Trinajstić information content (AvgIpc) is 2.34. The van der Waals surface area contributed by atoms with Crippen molar-refractivity contribution < 1.29 is 5.11 Å². The summed E-state index contributed by atoms with van der Waals surface area (Å²) in [6.07, 6.45) is 0. The van der Waals surface area contributed by atoms with Crippen LogP contribution in [-0.2, 0) is 0 Å². The third-order valence-corrected chi connectivity index (χ3v) is 3.90. The number of aromatic hydroxyl groups is 1. The lowest BCUT2D eigenvalue weighted by Crippen LogP contribution is -2.04. The molecule has 0 atom stereocenters. The zero-order valence-corrected chi connectivity index (χ0v) is 9.62. The molecule has 84 valence electrons. The molecular formula is C13H9NO2S. The standard InChI is InChI=1S/C13H9NO2S/c14-12-8(15)5-6-10-11(12)13(16)7-3-1-2-4-9(7)17-10/h1-6,15H,14H2. The fourth-order valence-electron chi connectivity index (χ4n) is 1.90. The minimum atomic E-state index is -0.122. The number of rotatable bonds is 0. The Kier molecular flexibility index (Phi) is 2.06. The molecule has 0 aliphatic rings. The highest BCUT2D eigenvalue weighted by Gasteiger charge is 2.10. The molecule has 3 aromatic rings. The minimum absolute atomic E-state index is 0.0444. The van der Waals surface area contributed by atoms with Crippen molar-refractivity contribution in [2.45, 2.75) is 0 Å². The molecule has 2 aromatic carbocycles. The molecule has 1 heterocycles. The smallest absolute Gasteiger partial charge is 0.198 e. The van der Waals surface area contributed by atoms with Crippen molar-refractivity contribution in [3.05, 3.63) is 46.6 Å². The maximum absolute atomic E-state index is 12.3. The van der Waals surface area contributed by atoms with Crippen molar-refractivity contribution in [3.8, 4) is 5.75 Å². The summed E-state index contributed by atoms with van der Waals surface area (Å²) in [5, 5.41) is 10.6. The van der Waals surface area contributed by atoms with Crippen LogP contribution in [0.4, 0.5) is 5.69 Å². The summed E-state index contributed by atoms with van der Waals surface area (Å²) in [6.45, 7) is 0. The van der Waals surface area contributed by atoms with Gasteiger partial charge in [-0.25, -0.2) is 0 Å². The monoisotopic (exact) mass is 243 g/mol. The zero-order valence-electron chi connectivity index (χ0n) is 8.81. The van der Waals surface area contributed by atoms with Crippen molar-refractivity contribution in [2.75, 3.05) is 5.73 Å². The van der Waals surface area contributed by atoms with Crippen LogP contribution in [0.3, 0.4) is 0 Å². The lowest BCUT2D eigenvalue weighted by Gasteiger charge is -2.04. The molecule has 17 heavy (non-hydrogen) atoms. The van der Waals surface area contributed by atoms with Gasteiger partial charge in [-0.1, -0.05) is 12.1 Å². The van der Waals surface area contributed by atoms with Crippen molar-refractivity contribution in [3.63, 3.8) is 0 Å². The number of hydrogen-bond acceptors (Lipinski definition) is 4. The highest BCUT2D eigenvalue weighted by molar-refractivity contribution is 7.24. The number of nitrogen functional groups attached to an aromatic ring is 1. The van der Waals surface area contributed by atoms with E-state index in [0.29, 0.717) is 10.8 Å². The molecule has 0 amide bonds. The van der Waals surface area contributed by atoms with Crippen LogP contribution >= 0.6 is 11.3 Å². The van der Waals surface area contributed by atoms with Gasteiger partial charge in [0, 0.05) is 14.8 Å². The molecule has 0 radical (unpaired) electrons. The van der Waals surface area contributed by atoms with Crippen LogP contribution in [0.15, 0.2) is 41.2 Å². The summed E-state index contributed by atoms with van der Waals surface area (Å²) in [5.74, 6) is -0.0444. The average molecular weight is 243 g/mol. The highest BCUT2D eigenvalue weighted by atomic mass is 32.1. The van der Waals surface area contributed by atoms with E-state index in [4.69, 9.17) is 5.73 Å². The molecular weight excluding hydrogens is 234 g/mol. The summed E-state index contributed by atoms with van der Waals surface area (Å²) < 4.78 is 1.72. The van der Waals surface area contributed by atoms with Gasteiger partial charge < -0.3 is 10.8 Å². The van der Waals surface area contributed by atoms with E-state index in [1.807, 2.05) is 18.2 Å². The van der Waals surface area contributed by atoms with Crippen LogP contribution in [0.5, 0.6) is 5.75 Å². The molecule has 3 rings (SSSR count). The van der Waals surface area contributed by atoms with E-state index in [1.165, 1.54) is 17.4 Å². The highest BCUT2D eigenvalue weighted by Crippen LogP contribution is 2.32. The number of nitrogens with two attached hydrogens (primary N) is 1. The third kappa shape index (κ3) is 1.38. The molecule has 3 nitrogen and oxygen atoms in total. The van der Waals surface area contributed by atoms with E-state index in [-0.39, 0.29) is 16.9 Å². The van der Waals surface area contributed by atoms with Crippen LogP contribution < -0.4 is 11.2 Å². The van der Waals surface area contributed by atoms with Gasteiger partial charge in [-0.15, -0.1) is 11.3 Å². The summed E-state index contributed by atoms with van der Waals surface area (Å²) in [7, 11) is 0. The summed E-state index contributed by atoms with van der Waals surface area (Å²) in [6, 6.07) is 10.6. The van der Waals surface area contributed by atoms with E-state index in [2.05, 4.69) is 0 Å². The molecule has 3 N–H and O–H groups in total. The number of fused-ring (bicyclic) bond motifs is 2. The molecule has 0 aliphatic carbocycles. The van der Waals surface area contributed by atoms with Gasteiger partial charge in [-0.2, -0.15) is 0 Å². The molecule has 0 saturated heterocycles. The van der Waals surface area contributed by atoms with E-state index in [9.17, 15) is 9.90 Å². The first-order chi connectivity index (χ1) is 8.18. The number of hydrogen-bond donors (Lipinski definition) is 2. The predicted molar refractivity (Wildman–Crippen MR) is 71.7 cm³/mol. The molecule has 1 aromatic heterocycles. The second-order valence-electron chi connectivity index (χ2n) is 3.80. The first-order valence-corrected chi connectivity index (χ1v) is 5.93. The van der Waals surface area contributed by atoms with Crippen LogP contribution in [0.1, 0.15) is 0 Å². The summed E-state index contributed by atoms with van der Waals surface area (Å²) in [4.78, 5) is 12.3. The quantitative estimate of drug-likeness (QED) is 0.362. The maximum Gasteiger partial charge on any atom is 0.198 e. The molecule has 0 fully saturated rings. The van der Waals surface area contributed by atoms with Gasteiger partial charge >= 0.3 is 0 Å². The number of phenols is 1. The largest absolute Gasteiger partial charge is 0.506 e. The molecule has 0 saturated carbocycles. The second-order valence-corrected chi connectivity index (χ2v) is 4.88. The first-order valence-electron chi connectivity index (χ1n) is 5.11. The second kappa shape index (κ2) is 3.46. The Morgan fingerprint density at radius 1 is 1.06 bits per heavy atom. The molecule has 0 spiro atoms. The SMILES string of the molecule is Nc1c(O)ccc2sc3ccccc3c(=O)c12. The van der Waals surface area contributed by atoms with E-state index in [0.717, 1.165) is 9.40 Å². The summed E-state index contributed by atoms with van der Waals surface area (Å²) in [5.41, 5.74) is 5.81. The number of benzene rings is 2. The number of anilines is 1. The van der Waals surface area contributed by atoms with Crippen LogP contribution in [0.25, 0.3) is 20.2 Å². The van der Waals surface area contributed by atoms with Crippen molar-refractivity contribution in [1.82, 2.24) is 0 Å². The van der Waals surface area contributed by atoms with Gasteiger partial charge in [0.1, 0.15) is 5.75 Å². The normalized spacial score (nSPS) is 11.1. The van der Waals surface area contributed by atoms with Gasteiger partial charge in [0.15, 0.2) is 5.43 Å². The van der Waals surface area contributed by atoms with Gasteiger partial charge in [0.05, 0.1) is 11.1 Å². The maximum atomic E-state index is 12.3. The minimum Gasteiger partial charge on any atom is -0.506 e. The van der Waals surface area contributed by atoms with E-state index < -0.39 is 0 Å². The van der Waals surface area contributed by atoms with Gasteiger partial charge in [-0.05, 0) is 24.3 Å². The van der Waals surface area contributed by atoms with E-state index in [1.54, 1.807) is 12.1 Å². The Hall–Kier alpha value is -2.07. The Morgan fingerprint density at radius 3 is 2.65 bits per heavy atom. The Bertz CT molecular complexity index is 792. The van der Waals surface area contributed by atoms with E-state index >= 15 is 0 Å². The molecule has 0 unspecified atom stereocenters. The number of phenolic OH excluding ortho intramolecular Hbond substituents is 1. The lowest BCUT2D eigenvalue weighted by molar-refractivity contribution is 0.478. The lowest BCUT2D eigenvalue weighted by atomic mass is 10.1. The molecule has 0 bridgehead atoms. The van der Waals surface area contributed by atoms with Crippen LogP contribution in [0, 0.1) is 0 Å². The van der Waals surface area contributed by atoms with Crippen LogP contribution in [0.2, 0.25) is 0 Å².